The maximum atomic E-state index is 13.2. The van der Waals surface area contributed by atoms with Crippen LogP contribution in [-0.2, 0) is 11.2 Å². The molecule has 0 N–H and O–H groups in total. The first kappa shape index (κ1) is 17.6. The highest BCUT2D eigenvalue weighted by molar-refractivity contribution is 5.96. The third-order valence-electron chi connectivity index (χ3n) is 6.06. The van der Waals surface area contributed by atoms with Gasteiger partial charge in [-0.1, -0.05) is 24.3 Å². The zero-order valence-corrected chi connectivity index (χ0v) is 16.1. The lowest BCUT2D eigenvalue weighted by atomic mass is 10.0. The fraction of sp³-hybridized carbons (Fsp3) is 0.435. The van der Waals surface area contributed by atoms with Crippen molar-refractivity contribution in [3.8, 4) is 11.5 Å². The Hall–Kier alpha value is -2.53. The van der Waals surface area contributed by atoms with Gasteiger partial charge < -0.3 is 14.4 Å². The van der Waals surface area contributed by atoms with Crippen molar-refractivity contribution >= 4 is 11.6 Å². The van der Waals surface area contributed by atoms with Crippen molar-refractivity contribution in [3.63, 3.8) is 0 Å². The molecule has 146 valence electrons. The number of rotatable bonds is 3. The summed E-state index contributed by atoms with van der Waals surface area (Å²) in [5, 5.41) is 0. The van der Waals surface area contributed by atoms with Crippen LogP contribution in [0.4, 0.5) is 5.69 Å². The van der Waals surface area contributed by atoms with Gasteiger partial charge in [0, 0.05) is 18.3 Å². The van der Waals surface area contributed by atoms with E-state index in [-0.39, 0.29) is 11.9 Å². The summed E-state index contributed by atoms with van der Waals surface area (Å²) in [4.78, 5) is 17.5. The third kappa shape index (κ3) is 3.24. The van der Waals surface area contributed by atoms with Crippen LogP contribution in [0.25, 0.3) is 0 Å². The maximum Gasteiger partial charge on any atom is 0.241 e. The Labute approximate surface area is 165 Å². The predicted octanol–water partition coefficient (Wildman–Crippen LogP) is 3.57. The van der Waals surface area contributed by atoms with Crippen LogP contribution >= 0.6 is 0 Å². The van der Waals surface area contributed by atoms with E-state index in [1.165, 1.54) is 11.1 Å². The molecule has 1 unspecified atom stereocenters. The number of benzene rings is 2. The van der Waals surface area contributed by atoms with E-state index in [4.69, 9.17) is 9.47 Å². The zero-order valence-electron chi connectivity index (χ0n) is 16.1. The molecule has 1 saturated heterocycles. The molecule has 28 heavy (non-hydrogen) atoms. The summed E-state index contributed by atoms with van der Waals surface area (Å²) in [7, 11) is 0. The summed E-state index contributed by atoms with van der Waals surface area (Å²) in [6.07, 6.45) is 4.28. The second-order valence-corrected chi connectivity index (χ2v) is 7.81. The highest BCUT2D eigenvalue weighted by atomic mass is 16.6. The van der Waals surface area contributed by atoms with E-state index in [9.17, 15) is 4.79 Å². The number of para-hydroxylation sites is 1. The average Bonchev–Trinajstić information content (AvgIpc) is 3.21. The monoisotopic (exact) mass is 378 g/mol. The van der Waals surface area contributed by atoms with Crippen molar-refractivity contribution in [3.05, 3.63) is 53.6 Å². The van der Waals surface area contributed by atoms with Crippen LogP contribution < -0.4 is 14.4 Å². The first-order chi connectivity index (χ1) is 13.8. The van der Waals surface area contributed by atoms with Gasteiger partial charge in [-0.2, -0.15) is 0 Å². The van der Waals surface area contributed by atoms with Gasteiger partial charge in [-0.05, 0) is 61.6 Å². The number of carbonyl (C=O) groups is 1. The highest BCUT2D eigenvalue weighted by Crippen LogP contribution is 2.38. The predicted molar refractivity (Wildman–Crippen MR) is 108 cm³/mol. The van der Waals surface area contributed by atoms with Crippen LogP contribution in [0.15, 0.2) is 42.5 Å². The minimum atomic E-state index is 0.205. The van der Waals surface area contributed by atoms with Crippen molar-refractivity contribution in [1.82, 2.24) is 4.90 Å². The van der Waals surface area contributed by atoms with Gasteiger partial charge in [0.25, 0.3) is 0 Å². The number of likely N-dealkylation sites (tertiary alicyclic amines) is 1. The molecule has 3 aliphatic rings. The van der Waals surface area contributed by atoms with Crippen LogP contribution in [0.2, 0.25) is 0 Å². The molecule has 0 aromatic heterocycles. The highest BCUT2D eigenvalue weighted by Gasteiger charge is 2.31. The SMILES string of the molecule is O=C(CN1CCCC1c1ccc2c(c1)OCCO2)N1CCCc2ccccc21. The fourth-order valence-electron chi connectivity index (χ4n) is 4.71. The van der Waals surface area contributed by atoms with Crippen LogP contribution in [0.3, 0.4) is 0 Å². The molecule has 5 heteroatoms. The second kappa shape index (κ2) is 7.47. The van der Waals surface area contributed by atoms with Crippen LogP contribution in [0.5, 0.6) is 11.5 Å². The molecule has 3 heterocycles. The molecule has 0 radical (unpaired) electrons. The van der Waals surface area contributed by atoms with Gasteiger partial charge in [0.05, 0.1) is 6.54 Å². The van der Waals surface area contributed by atoms with Gasteiger partial charge >= 0.3 is 0 Å². The van der Waals surface area contributed by atoms with Crippen molar-refractivity contribution in [2.75, 3.05) is 37.7 Å². The lowest BCUT2D eigenvalue weighted by Gasteiger charge is -2.32. The lowest BCUT2D eigenvalue weighted by molar-refractivity contribution is -0.120. The average molecular weight is 378 g/mol. The Morgan fingerprint density at radius 3 is 2.79 bits per heavy atom. The van der Waals surface area contributed by atoms with E-state index in [0.717, 1.165) is 56.0 Å². The number of amides is 1. The first-order valence-corrected chi connectivity index (χ1v) is 10.3. The summed E-state index contributed by atoms with van der Waals surface area (Å²) in [5.74, 6) is 1.85. The lowest BCUT2D eigenvalue weighted by Crippen LogP contribution is -2.42. The molecule has 5 rings (SSSR count). The number of ether oxygens (including phenoxy) is 2. The number of hydrogen-bond donors (Lipinski definition) is 0. The van der Waals surface area contributed by atoms with Crippen molar-refractivity contribution in [2.24, 2.45) is 0 Å². The van der Waals surface area contributed by atoms with Gasteiger partial charge in [-0.3, -0.25) is 9.69 Å². The first-order valence-electron chi connectivity index (χ1n) is 10.3. The van der Waals surface area contributed by atoms with Gasteiger partial charge in [0.15, 0.2) is 11.5 Å². The molecule has 1 atom stereocenters. The summed E-state index contributed by atoms with van der Waals surface area (Å²) in [6, 6.07) is 14.8. The van der Waals surface area contributed by atoms with Gasteiger partial charge in [-0.25, -0.2) is 0 Å². The Kier molecular flexibility index (Phi) is 4.69. The van der Waals surface area contributed by atoms with Crippen LogP contribution in [-0.4, -0.2) is 43.7 Å². The number of hydrogen-bond acceptors (Lipinski definition) is 4. The molecule has 0 bridgehead atoms. The van der Waals surface area contributed by atoms with E-state index >= 15 is 0 Å². The Bertz CT molecular complexity index is 882. The van der Waals surface area contributed by atoms with Crippen LogP contribution in [0.1, 0.15) is 36.4 Å². The van der Waals surface area contributed by atoms with E-state index in [1.807, 2.05) is 17.0 Å². The molecule has 1 amide bonds. The minimum absolute atomic E-state index is 0.205. The van der Waals surface area contributed by atoms with Gasteiger partial charge in [0.1, 0.15) is 13.2 Å². The molecule has 0 aliphatic carbocycles. The van der Waals surface area contributed by atoms with E-state index < -0.39 is 0 Å². The fourth-order valence-corrected chi connectivity index (χ4v) is 4.71. The van der Waals surface area contributed by atoms with Gasteiger partial charge in [-0.15, -0.1) is 0 Å². The van der Waals surface area contributed by atoms with E-state index in [2.05, 4.69) is 35.2 Å². The number of anilines is 1. The summed E-state index contributed by atoms with van der Waals surface area (Å²) in [5.41, 5.74) is 3.59. The van der Waals surface area contributed by atoms with Gasteiger partial charge in [0.2, 0.25) is 5.91 Å². The molecule has 0 saturated carbocycles. The molecule has 0 spiro atoms. The summed E-state index contributed by atoms with van der Waals surface area (Å²) < 4.78 is 11.4. The molecule has 3 aliphatic heterocycles. The Morgan fingerprint density at radius 2 is 1.86 bits per heavy atom. The molecule has 2 aromatic carbocycles. The normalized spacial score (nSPS) is 21.4. The Morgan fingerprint density at radius 1 is 1.00 bits per heavy atom. The number of nitrogens with zero attached hydrogens (tertiary/aromatic N) is 2. The number of fused-ring (bicyclic) bond motifs is 2. The minimum Gasteiger partial charge on any atom is -0.486 e. The molecular weight excluding hydrogens is 352 g/mol. The van der Waals surface area contributed by atoms with Crippen LogP contribution in [0, 0.1) is 0 Å². The summed E-state index contributed by atoms with van der Waals surface area (Å²) >= 11 is 0. The molecule has 1 fully saturated rings. The quantitative estimate of drug-likeness (QED) is 0.819. The van der Waals surface area contributed by atoms with Crippen molar-refractivity contribution < 1.29 is 14.3 Å². The topological polar surface area (TPSA) is 42.0 Å². The Balaban J connectivity index is 1.33. The summed E-state index contributed by atoms with van der Waals surface area (Å²) in [6.45, 7) is 3.44. The zero-order chi connectivity index (χ0) is 18.9. The van der Waals surface area contributed by atoms with E-state index in [1.54, 1.807) is 0 Å². The molecule has 2 aromatic rings. The third-order valence-corrected chi connectivity index (χ3v) is 6.06. The molecular formula is C23H26N2O3. The van der Waals surface area contributed by atoms with Crippen molar-refractivity contribution in [1.29, 1.82) is 0 Å². The van der Waals surface area contributed by atoms with Crippen molar-refractivity contribution in [2.45, 2.75) is 31.7 Å². The number of aryl methyl sites for hydroxylation is 1. The maximum absolute atomic E-state index is 13.2. The largest absolute Gasteiger partial charge is 0.486 e. The smallest absolute Gasteiger partial charge is 0.241 e. The van der Waals surface area contributed by atoms with E-state index in [0.29, 0.717) is 19.8 Å². The number of carbonyl (C=O) groups excluding carboxylic acids is 1. The second-order valence-electron chi connectivity index (χ2n) is 7.81. The molecule has 5 nitrogen and oxygen atoms in total. The standard InChI is InChI=1S/C23H26N2O3/c26-23(25-12-3-6-17-5-1-2-7-20(17)25)16-24-11-4-8-19(24)18-9-10-21-22(15-18)28-14-13-27-21/h1-2,5,7,9-10,15,19H,3-4,6,8,11-14,16H2.